The van der Waals surface area contributed by atoms with E-state index in [0.29, 0.717) is 11.5 Å². The standard InChI is InChI=1S/C21H25N3S/c1-6-24(5)14-23-19-11-16(4)21(12-18(19)15(2)3)25-20-10-8-7-9-17(20)13-22/h7-12,14-15H,6H2,1-5H3. The topological polar surface area (TPSA) is 39.4 Å². The van der Waals surface area contributed by atoms with E-state index in [-0.39, 0.29) is 0 Å². The Hall–Kier alpha value is -2.25. The van der Waals surface area contributed by atoms with E-state index in [1.807, 2.05) is 37.7 Å². The van der Waals surface area contributed by atoms with Crippen molar-refractivity contribution in [3.05, 3.63) is 53.1 Å². The molecule has 0 spiro atoms. The third-order valence-corrected chi connectivity index (χ3v) is 5.30. The number of aryl methyl sites for hydroxylation is 1. The summed E-state index contributed by atoms with van der Waals surface area (Å²) in [7, 11) is 2.02. The van der Waals surface area contributed by atoms with E-state index in [1.54, 1.807) is 11.8 Å². The Balaban J connectivity index is 2.42. The van der Waals surface area contributed by atoms with Gasteiger partial charge in [-0.1, -0.05) is 37.7 Å². The van der Waals surface area contributed by atoms with Gasteiger partial charge in [-0.15, -0.1) is 0 Å². The molecule has 25 heavy (non-hydrogen) atoms. The van der Waals surface area contributed by atoms with Crippen molar-refractivity contribution in [2.24, 2.45) is 4.99 Å². The Labute approximate surface area is 155 Å². The number of nitrogens with zero attached hydrogens (tertiary/aromatic N) is 3. The summed E-state index contributed by atoms with van der Waals surface area (Å²) in [5.74, 6) is 0.380. The molecule has 4 heteroatoms. The second kappa shape index (κ2) is 8.73. The van der Waals surface area contributed by atoms with Crippen LogP contribution in [0.25, 0.3) is 0 Å². The highest BCUT2D eigenvalue weighted by atomic mass is 32.2. The predicted octanol–water partition coefficient (Wildman–Crippen LogP) is 5.75. The molecule has 0 aromatic heterocycles. The number of hydrogen-bond acceptors (Lipinski definition) is 3. The van der Waals surface area contributed by atoms with Gasteiger partial charge in [-0.3, -0.25) is 0 Å². The van der Waals surface area contributed by atoms with Gasteiger partial charge in [0.25, 0.3) is 0 Å². The predicted molar refractivity (Wildman–Crippen MR) is 107 cm³/mol. The molecular formula is C21H25N3S. The Morgan fingerprint density at radius 2 is 1.96 bits per heavy atom. The van der Waals surface area contributed by atoms with Crippen molar-refractivity contribution in [3.8, 4) is 6.07 Å². The van der Waals surface area contributed by atoms with E-state index in [4.69, 9.17) is 0 Å². The molecule has 0 aliphatic rings. The van der Waals surface area contributed by atoms with Crippen LogP contribution in [0.4, 0.5) is 5.69 Å². The van der Waals surface area contributed by atoms with Crippen molar-refractivity contribution in [1.29, 1.82) is 5.26 Å². The van der Waals surface area contributed by atoms with Crippen molar-refractivity contribution in [1.82, 2.24) is 4.90 Å². The minimum atomic E-state index is 0.380. The summed E-state index contributed by atoms with van der Waals surface area (Å²) in [5.41, 5.74) is 4.13. The summed E-state index contributed by atoms with van der Waals surface area (Å²) in [6.07, 6.45) is 1.89. The second-order valence-corrected chi connectivity index (χ2v) is 7.44. The molecule has 0 heterocycles. The van der Waals surface area contributed by atoms with Crippen molar-refractivity contribution in [3.63, 3.8) is 0 Å². The van der Waals surface area contributed by atoms with Crippen molar-refractivity contribution < 1.29 is 0 Å². The van der Waals surface area contributed by atoms with Crippen LogP contribution in [0.3, 0.4) is 0 Å². The van der Waals surface area contributed by atoms with Crippen molar-refractivity contribution in [2.75, 3.05) is 13.6 Å². The molecule has 0 N–H and O–H groups in total. The molecule has 2 aromatic carbocycles. The molecule has 2 rings (SSSR count). The molecular weight excluding hydrogens is 326 g/mol. The van der Waals surface area contributed by atoms with E-state index in [2.05, 4.69) is 55.8 Å². The molecule has 0 unspecified atom stereocenters. The minimum Gasteiger partial charge on any atom is -0.366 e. The minimum absolute atomic E-state index is 0.380. The number of benzene rings is 2. The fraction of sp³-hybridized carbons (Fsp3) is 0.333. The summed E-state index contributed by atoms with van der Waals surface area (Å²) in [6.45, 7) is 9.51. The van der Waals surface area contributed by atoms with Crippen LogP contribution in [0.5, 0.6) is 0 Å². The van der Waals surface area contributed by atoms with Gasteiger partial charge < -0.3 is 4.90 Å². The van der Waals surface area contributed by atoms with E-state index in [9.17, 15) is 5.26 Å². The normalized spacial score (nSPS) is 11.1. The maximum absolute atomic E-state index is 9.31. The molecule has 3 nitrogen and oxygen atoms in total. The summed E-state index contributed by atoms with van der Waals surface area (Å²) >= 11 is 1.65. The highest BCUT2D eigenvalue weighted by Gasteiger charge is 2.12. The lowest BCUT2D eigenvalue weighted by molar-refractivity contribution is 0.552. The fourth-order valence-electron chi connectivity index (χ4n) is 2.38. The third kappa shape index (κ3) is 4.87. The number of rotatable bonds is 6. The lowest BCUT2D eigenvalue weighted by Crippen LogP contribution is -2.14. The maximum atomic E-state index is 9.31. The smallest absolute Gasteiger partial charge is 0.100 e. The van der Waals surface area contributed by atoms with E-state index < -0.39 is 0 Å². The number of nitriles is 1. The first-order valence-corrected chi connectivity index (χ1v) is 9.33. The van der Waals surface area contributed by atoms with Gasteiger partial charge in [0, 0.05) is 23.4 Å². The van der Waals surface area contributed by atoms with Gasteiger partial charge in [0.2, 0.25) is 0 Å². The summed E-state index contributed by atoms with van der Waals surface area (Å²) in [6, 6.07) is 14.4. The van der Waals surface area contributed by atoms with Gasteiger partial charge in [-0.2, -0.15) is 5.26 Å². The fourth-order valence-corrected chi connectivity index (χ4v) is 3.39. The molecule has 130 valence electrons. The van der Waals surface area contributed by atoms with E-state index in [0.717, 1.165) is 17.1 Å². The SMILES string of the molecule is CCN(C)C=Nc1cc(C)c(Sc2ccccc2C#N)cc1C(C)C. The summed E-state index contributed by atoms with van der Waals surface area (Å²) < 4.78 is 0. The average molecular weight is 352 g/mol. The largest absolute Gasteiger partial charge is 0.366 e. The Kier molecular flexibility index (Phi) is 6.66. The third-order valence-electron chi connectivity index (χ3n) is 4.07. The van der Waals surface area contributed by atoms with Crippen LogP contribution in [0.15, 0.2) is 51.2 Å². The van der Waals surface area contributed by atoms with Crippen LogP contribution in [-0.2, 0) is 0 Å². The first-order valence-electron chi connectivity index (χ1n) is 8.52. The Bertz CT molecular complexity index is 803. The molecule has 0 saturated carbocycles. The maximum Gasteiger partial charge on any atom is 0.100 e. The quantitative estimate of drug-likeness (QED) is 0.491. The number of aliphatic imine (C=N–C) groups is 1. The first-order chi connectivity index (χ1) is 12.0. The van der Waals surface area contributed by atoms with Crippen molar-refractivity contribution in [2.45, 2.75) is 43.4 Å². The van der Waals surface area contributed by atoms with Crippen molar-refractivity contribution >= 4 is 23.8 Å². The van der Waals surface area contributed by atoms with Gasteiger partial charge in [0.15, 0.2) is 0 Å². The molecule has 0 radical (unpaired) electrons. The van der Waals surface area contributed by atoms with Crippen LogP contribution in [0, 0.1) is 18.3 Å². The molecule has 0 saturated heterocycles. The molecule has 0 bridgehead atoms. The van der Waals surface area contributed by atoms with E-state index >= 15 is 0 Å². The van der Waals surface area contributed by atoms with Crippen LogP contribution in [0.2, 0.25) is 0 Å². The summed E-state index contributed by atoms with van der Waals surface area (Å²) in [4.78, 5) is 8.91. The van der Waals surface area contributed by atoms with Gasteiger partial charge in [0.1, 0.15) is 6.07 Å². The van der Waals surface area contributed by atoms with Gasteiger partial charge in [-0.05, 0) is 55.2 Å². The monoisotopic (exact) mass is 351 g/mol. The highest BCUT2D eigenvalue weighted by molar-refractivity contribution is 7.99. The zero-order valence-corrected chi connectivity index (χ0v) is 16.4. The Morgan fingerprint density at radius 1 is 1.24 bits per heavy atom. The van der Waals surface area contributed by atoms with Crippen LogP contribution >= 0.6 is 11.8 Å². The highest BCUT2D eigenvalue weighted by Crippen LogP contribution is 2.38. The van der Waals surface area contributed by atoms with Gasteiger partial charge >= 0.3 is 0 Å². The van der Waals surface area contributed by atoms with Crippen LogP contribution in [0.1, 0.15) is 43.4 Å². The lowest BCUT2D eigenvalue weighted by atomic mass is 9.99. The lowest BCUT2D eigenvalue weighted by Gasteiger charge is -2.16. The van der Waals surface area contributed by atoms with E-state index in [1.165, 1.54) is 16.0 Å². The Morgan fingerprint density at radius 3 is 2.60 bits per heavy atom. The summed E-state index contributed by atoms with van der Waals surface area (Å²) in [5, 5.41) is 9.31. The average Bonchev–Trinajstić information content (AvgIpc) is 2.61. The molecule has 2 aromatic rings. The van der Waals surface area contributed by atoms with Gasteiger partial charge in [-0.25, -0.2) is 4.99 Å². The first kappa shape index (κ1) is 19.1. The molecule has 0 aliphatic heterocycles. The zero-order chi connectivity index (χ0) is 18.4. The molecule has 0 aliphatic carbocycles. The molecule has 0 atom stereocenters. The second-order valence-electron chi connectivity index (χ2n) is 6.36. The number of hydrogen-bond donors (Lipinski definition) is 0. The van der Waals surface area contributed by atoms with Crippen LogP contribution in [-0.4, -0.2) is 24.8 Å². The zero-order valence-electron chi connectivity index (χ0n) is 15.6. The molecule has 0 amide bonds. The van der Waals surface area contributed by atoms with Crippen LogP contribution < -0.4 is 0 Å². The van der Waals surface area contributed by atoms with Gasteiger partial charge in [0.05, 0.1) is 17.6 Å². The molecule has 0 fully saturated rings.